The van der Waals surface area contributed by atoms with E-state index in [1.165, 1.54) is 32.9 Å². The summed E-state index contributed by atoms with van der Waals surface area (Å²) in [7, 11) is 0. The minimum atomic E-state index is -4.77. The second kappa shape index (κ2) is 5.65. The van der Waals surface area contributed by atoms with E-state index in [0.29, 0.717) is 6.07 Å². The number of hydrogen-bond acceptors (Lipinski definition) is 5. The summed E-state index contributed by atoms with van der Waals surface area (Å²) in [4.78, 5) is 13.6. The van der Waals surface area contributed by atoms with Gasteiger partial charge in [0.2, 0.25) is 12.3 Å². The van der Waals surface area contributed by atoms with Crippen molar-refractivity contribution in [2.24, 2.45) is 0 Å². The third-order valence-electron chi connectivity index (χ3n) is 4.06. The van der Waals surface area contributed by atoms with Crippen molar-refractivity contribution < 1.29 is 28.2 Å². The van der Waals surface area contributed by atoms with Crippen LogP contribution in [0.15, 0.2) is 18.2 Å². The van der Waals surface area contributed by atoms with Gasteiger partial charge in [0.25, 0.3) is 0 Å². The molecule has 24 heavy (non-hydrogen) atoms. The highest BCUT2D eigenvalue weighted by Gasteiger charge is 2.53. The molecule has 1 aliphatic rings. The molecule has 1 aliphatic heterocycles. The predicted molar refractivity (Wildman–Crippen MR) is 77.3 cm³/mol. The van der Waals surface area contributed by atoms with Crippen LogP contribution in [0.2, 0.25) is 0 Å². The lowest BCUT2D eigenvalue weighted by molar-refractivity contribution is -0.143. The van der Waals surface area contributed by atoms with Gasteiger partial charge in [-0.15, -0.1) is 0 Å². The third kappa shape index (κ3) is 2.68. The molecule has 1 aromatic carbocycles. The second-order valence-electron chi connectivity index (χ2n) is 6.01. The van der Waals surface area contributed by atoms with Crippen LogP contribution in [0.1, 0.15) is 31.9 Å². The van der Waals surface area contributed by atoms with Gasteiger partial charge in [0.1, 0.15) is 0 Å². The number of hydrogen-bond donors (Lipinski definition) is 2. The van der Waals surface area contributed by atoms with Gasteiger partial charge in [0.05, 0.1) is 22.7 Å². The molecule has 2 N–H and O–H groups in total. The maximum absolute atomic E-state index is 13.1. The lowest BCUT2D eigenvalue weighted by Gasteiger charge is -2.31. The summed E-state index contributed by atoms with van der Waals surface area (Å²) in [6.45, 7) is 4.15. The van der Waals surface area contributed by atoms with Crippen molar-refractivity contribution in [3.63, 3.8) is 0 Å². The largest absolute Gasteiger partial charge is 0.417 e. The standard InChI is InChI=1S/C15H16F3N3O3/c1-8(22)21-13(24)20(12(23)14(21,2)3)10-5-4-9(7-19)11(6-10)15(16,17)18/h4-6,12-13,23-24H,1-3H3. The number of anilines is 1. The molecule has 130 valence electrons. The first-order chi connectivity index (χ1) is 10.9. The van der Waals surface area contributed by atoms with Crippen LogP contribution < -0.4 is 4.90 Å². The van der Waals surface area contributed by atoms with Gasteiger partial charge in [-0.2, -0.15) is 18.4 Å². The molecule has 1 aromatic rings. The lowest BCUT2D eigenvalue weighted by atomic mass is 10.0. The highest BCUT2D eigenvalue weighted by molar-refractivity contribution is 5.76. The number of nitriles is 1. The molecule has 0 bridgehead atoms. The number of alkyl halides is 3. The second-order valence-corrected chi connectivity index (χ2v) is 6.01. The van der Waals surface area contributed by atoms with Crippen LogP contribution in [0.4, 0.5) is 18.9 Å². The Hall–Kier alpha value is -2.31. The van der Waals surface area contributed by atoms with Gasteiger partial charge in [-0.05, 0) is 32.0 Å². The number of aliphatic hydroxyl groups excluding tert-OH is 2. The van der Waals surface area contributed by atoms with Crippen LogP contribution in [-0.2, 0) is 11.0 Å². The van der Waals surface area contributed by atoms with E-state index < -0.39 is 41.3 Å². The molecule has 0 aromatic heterocycles. The molecule has 2 atom stereocenters. The molecular formula is C15H16F3N3O3. The maximum Gasteiger partial charge on any atom is 0.417 e. The van der Waals surface area contributed by atoms with Crippen LogP contribution in [0.25, 0.3) is 0 Å². The first-order valence-electron chi connectivity index (χ1n) is 6.98. The van der Waals surface area contributed by atoms with Crippen LogP contribution in [-0.4, -0.2) is 39.1 Å². The predicted octanol–water partition coefficient (Wildman–Crippen LogP) is 1.62. The smallest absolute Gasteiger partial charge is 0.371 e. The Morgan fingerprint density at radius 1 is 1.33 bits per heavy atom. The molecule has 0 aliphatic carbocycles. The molecule has 0 spiro atoms. The molecule has 0 radical (unpaired) electrons. The van der Waals surface area contributed by atoms with Crippen molar-refractivity contribution in [3.8, 4) is 6.07 Å². The van der Waals surface area contributed by atoms with Gasteiger partial charge in [-0.25, -0.2) is 0 Å². The van der Waals surface area contributed by atoms with E-state index in [-0.39, 0.29) is 5.69 Å². The van der Waals surface area contributed by atoms with Gasteiger partial charge >= 0.3 is 6.18 Å². The summed E-state index contributed by atoms with van der Waals surface area (Å²) in [6.07, 6.45) is -7.85. The molecule has 0 saturated carbocycles. The Kier molecular flexibility index (Phi) is 4.24. The summed E-state index contributed by atoms with van der Waals surface area (Å²) < 4.78 is 39.3. The minimum Gasteiger partial charge on any atom is -0.371 e. The topological polar surface area (TPSA) is 87.8 Å². The Labute approximate surface area is 136 Å². The molecule has 2 unspecified atom stereocenters. The summed E-state index contributed by atoms with van der Waals surface area (Å²) in [5, 5.41) is 29.6. The molecular weight excluding hydrogens is 327 g/mol. The van der Waals surface area contributed by atoms with Crippen LogP contribution in [0.5, 0.6) is 0 Å². The monoisotopic (exact) mass is 343 g/mol. The molecule has 1 fully saturated rings. The van der Waals surface area contributed by atoms with Crippen LogP contribution >= 0.6 is 0 Å². The number of carbonyl (C=O) groups is 1. The average molecular weight is 343 g/mol. The van der Waals surface area contributed by atoms with Gasteiger partial charge in [0.15, 0.2) is 6.23 Å². The Balaban J connectivity index is 2.57. The van der Waals surface area contributed by atoms with E-state index in [0.717, 1.165) is 15.9 Å². The van der Waals surface area contributed by atoms with Crippen molar-refractivity contribution >= 4 is 11.6 Å². The van der Waals surface area contributed by atoms with Crippen LogP contribution in [0.3, 0.4) is 0 Å². The molecule has 1 saturated heterocycles. The number of rotatable bonds is 1. The summed E-state index contributed by atoms with van der Waals surface area (Å²) in [5.41, 5.74) is -3.13. The summed E-state index contributed by atoms with van der Waals surface area (Å²) >= 11 is 0. The quantitative estimate of drug-likeness (QED) is 0.809. The van der Waals surface area contributed by atoms with Gasteiger partial charge in [0, 0.05) is 12.6 Å². The van der Waals surface area contributed by atoms with E-state index in [1.807, 2.05) is 0 Å². The van der Waals surface area contributed by atoms with E-state index in [2.05, 4.69) is 0 Å². The maximum atomic E-state index is 13.1. The highest BCUT2D eigenvalue weighted by Crippen LogP contribution is 2.40. The average Bonchev–Trinajstić information content (AvgIpc) is 2.63. The number of aliphatic hydroxyl groups is 2. The Morgan fingerprint density at radius 2 is 1.92 bits per heavy atom. The van der Waals surface area contributed by atoms with Gasteiger partial charge in [-0.1, -0.05) is 0 Å². The summed E-state index contributed by atoms with van der Waals surface area (Å²) in [5.74, 6) is -0.543. The minimum absolute atomic E-state index is 0.154. The third-order valence-corrected chi connectivity index (χ3v) is 4.06. The van der Waals surface area contributed by atoms with Crippen molar-refractivity contribution in [1.82, 2.24) is 4.90 Å². The number of halogens is 3. The van der Waals surface area contributed by atoms with E-state index in [9.17, 15) is 28.2 Å². The zero-order valence-electron chi connectivity index (χ0n) is 13.2. The molecule has 1 amide bonds. The lowest BCUT2D eigenvalue weighted by Crippen LogP contribution is -2.49. The number of nitrogens with zero attached hydrogens (tertiary/aromatic N) is 3. The summed E-state index contributed by atoms with van der Waals surface area (Å²) in [6, 6.07) is 4.27. The van der Waals surface area contributed by atoms with Crippen molar-refractivity contribution in [2.75, 3.05) is 4.90 Å². The first-order valence-corrected chi connectivity index (χ1v) is 6.98. The van der Waals surface area contributed by atoms with E-state index in [1.54, 1.807) is 0 Å². The Bertz CT molecular complexity index is 712. The fourth-order valence-corrected chi connectivity index (χ4v) is 2.88. The first kappa shape index (κ1) is 18.0. The highest BCUT2D eigenvalue weighted by atomic mass is 19.4. The van der Waals surface area contributed by atoms with Crippen LogP contribution in [0, 0.1) is 11.3 Å². The molecule has 2 rings (SSSR count). The normalized spacial score (nSPS) is 23.3. The molecule has 9 heteroatoms. The zero-order chi connectivity index (χ0) is 18.4. The number of carbonyl (C=O) groups excluding carboxylic acids is 1. The van der Waals surface area contributed by atoms with E-state index >= 15 is 0 Å². The number of amides is 1. The van der Waals surface area contributed by atoms with Crippen molar-refractivity contribution in [2.45, 2.75) is 45.1 Å². The van der Waals surface area contributed by atoms with Crippen molar-refractivity contribution in [1.29, 1.82) is 5.26 Å². The molecule has 6 nitrogen and oxygen atoms in total. The van der Waals surface area contributed by atoms with Gasteiger partial charge in [-0.3, -0.25) is 9.69 Å². The zero-order valence-corrected chi connectivity index (χ0v) is 13.2. The SMILES string of the molecule is CC(=O)N1C(O)N(c2ccc(C#N)c(C(F)(F)F)c2)C(O)C1(C)C. The van der Waals surface area contributed by atoms with Crippen molar-refractivity contribution in [3.05, 3.63) is 29.3 Å². The fraction of sp³-hybridized carbons (Fsp3) is 0.467. The molecule has 1 heterocycles. The fourth-order valence-electron chi connectivity index (χ4n) is 2.88. The Morgan fingerprint density at radius 3 is 2.33 bits per heavy atom. The van der Waals surface area contributed by atoms with Gasteiger partial charge < -0.3 is 15.1 Å². The van der Waals surface area contributed by atoms with E-state index in [4.69, 9.17) is 5.26 Å². The number of benzene rings is 1.